The van der Waals surface area contributed by atoms with E-state index in [0.29, 0.717) is 5.41 Å². The lowest BCUT2D eigenvalue weighted by Crippen LogP contribution is -2.31. The van der Waals surface area contributed by atoms with E-state index in [1.54, 1.807) is 0 Å². The third-order valence-electron chi connectivity index (χ3n) is 2.90. The van der Waals surface area contributed by atoms with Crippen LogP contribution in [0.3, 0.4) is 0 Å². The summed E-state index contributed by atoms with van der Waals surface area (Å²) in [4.78, 5) is 0. The molecule has 0 saturated carbocycles. The zero-order valence-corrected chi connectivity index (χ0v) is 9.53. The Kier molecular flexibility index (Phi) is 4.59. The summed E-state index contributed by atoms with van der Waals surface area (Å²) in [6.07, 6.45) is 6.55. The third-order valence-corrected chi connectivity index (χ3v) is 4.09. The zero-order chi connectivity index (χ0) is 8.86. The van der Waals surface area contributed by atoms with Crippen LogP contribution in [0.1, 0.15) is 39.0 Å². The molecule has 0 atom stereocenters. The smallest absolute Gasteiger partial charge is 0.0471 e. The van der Waals surface area contributed by atoms with Gasteiger partial charge >= 0.3 is 0 Å². The minimum absolute atomic E-state index is 0.564. The predicted octanol–water partition coefficient (Wildman–Crippen LogP) is 3.37. The number of alkyl halides is 1. The van der Waals surface area contributed by atoms with Crippen molar-refractivity contribution in [3.8, 4) is 0 Å². The summed E-state index contributed by atoms with van der Waals surface area (Å²) in [5, 5.41) is 1.16. The summed E-state index contributed by atoms with van der Waals surface area (Å²) in [7, 11) is 0. The lowest BCUT2D eigenvalue weighted by Gasteiger charge is -2.35. The summed E-state index contributed by atoms with van der Waals surface area (Å²) in [6, 6.07) is 0. The van der Waals surface area contributed by atoms with Crippen molar-refractivity contribution in [2.24, 2.45) is 5.41 Å². The van der Waals surface area contributed by atoms with Gasteiger partial charge in [0.25, 0.3) is 0 Å². The Morgan fingerprint density at radius 3 is 2.50 bits per heavy atom. The fraction of sp³-hybridized carbons (Fsp3) is 1.00. The van der Waals surface area contributed by atoms with Crippen molar-refractivity contribution >= 4 is 15.9 Å². The quantitative estimate of drug-likeness (QED) is 0.679. The molecule has 2 heteroatoms. The van der Waals surface area contributed by atoms with Gasteiger partial charge in [0.2, 0.25) is 0 Å². The molecule has 0 N–H and O–H groups in total. The van der Waals surface area contributed by atoms with E-state index in [1.165, 1.54) is 32.1 Å². The molecule has 1 fully saturated rings. The number of rotatable bonds is 4. The molecular weight excluding hydrogens is 216 g/mol. The van der Waals surface area contributed by atoms with Gasteiger partial charge in [-0.25, -0.2) is 0 Å². The third kappa shape index (κ3) is 2.74. The Morgan fingerprint density at radius 2 is 2.00 bits per heavy atom. The molecule has 0 aromatic carbocycles. The van der Waals surface area contributed by atoms with Crippen molar-refractivity contribution in [2.45, 2.75) is 39.0 Å². The minimum Gasteiger partial charge on any atom is -0.381 e. The molecule has 0 aliphatic carbocycles. The van der Waals surface area contributed by atoms with E-state index >= 15 is 0 Å². The maximum atomic E-state index is 5.39. The normalized spacial score (nSPS) is 22.5. The van der Waals surface area contributed by atoms with Crippen LogP contribution >= 0.6 is 15.9 Å². The van der Waals surface area contributed by atoms with Crippen molar-refractivity contribution in [1.82, 2.24) is 0 Å². The molecule has 0 radical (unpaired) electrons. The maximum Gasteiger partial charge on any atom is 0.0471 e. The second kappa shape index (κ2) is 5.23. The SMILES string of the molecule is CCCCC1(CBr)CCOCC1. The molecule has 1 rings (SSSR count). The summed E-state index contributed by atoms with van der Waals surface area (Å²) in [6.45, 7) is 4.20. The van der Waals surface area contributed by atoms with Crippen LogP contribution in [0.15, 0.2) is 0 Å². The molecule has 0 unspecified atom stereocenters. The second-order valence-corrected chi connectivity index (χ2v) is 4.41. The van der Waals surface area contributed by atoms with E-state index in [4.69, 9.17) is 4.74 Å². The van der Waals surface area contributed by atoms with Gasteiger partial charge in [-0.1, -0.05) is 35.7 Å². The molecule has 1 saturated heterocycles. The van der Waals surface area contributed by atoms with Crippen LogP contribution in [0.5, 0.6) is 0 Å². The Balaban J connectivity index is 2.37. The average molecular weight is 235 g/mol. The first-order valence-electron chi connectivity index (χ1n) is 4.97. The fourth-order valence-corrected chi connectivity index (χ4v) is 2.65. The highest BCUT2D eigenvalue weighted by Crippen LogP contribution is 2.37. The van der Waals surface area contributed by atoms with Gasteiger partial charge in [0.05, 0.1) is 0 Å². The fourth-order valence-electron chi connectivity index (χ4n) is 1.81. The van der Waals surface area contributed by atoms with Gasteiger partial charge in [0, 0.05) is 18.5 Å². The van der Waals surface area contributed by atoms with Gasteiger partial charge in [-0.05, 0) is 24.7 Å². The van der Waals surface area contributed by atoms with Crippen molar-refractivity contribution in [2.75, 3.05) is 18.5 Å². The van der Waals surface area contributed by atoms with Crippen LogP contribution < -0.4 is 0 Å². The van der Waals surface area contributed by atoms with Crippen molar-refractivity contribution in [3.05, 3.63) is 0 Å². The van der Waals surface area contributed by atoms with E-state index < -0.39 is 0 Å². The van der Waals surface area contributed by atoms with Crippen LogP contribution in [-0.2, 0) is 4.74 Å². The molecule has 0 aromatic heterocycles. The van der Waals surface area contributed by atoms with Gasteiger partial charge in [-0.3, -0.25) is 0 Å². The second-order valence-electron chi connectivity index (χ2n) is 3.85. The highest BCUT2D eigenvalue weighted by molar-refractivity contribution is 9.09. The lowest BCUT2D eigenvalue weighted by molar-refractivity contribution is 0.0218. The van der Waals surface area contributed by atoms with Gasteiger partial charge < -0.3 is 4.74 Å². The van der Waals surface area contributed by atoms with Gasteiger partial charge in [-0.2, -0.15) is 0 Å². The van der Waals surface area contributed by atoms with Crippen molar-refractivity contribution < 1.29 is 4.74 Å². The van der Waals surface area contributed by atoms with E-state index in [9.17, 15) is 0 Å². The summed E-state index contributed by atoms with van der Waals surface area (Å²) in [5.74, 6) is 0. The minimum atomic E-state index is 0.564. The Labute approximate surface area is 84.0 Å². The van der Waals surface area contributed by atoms with Crippen LogP contribution in [-0.4, -0.2) is 18.5 Å². The molecule has 1 heterocycles. The molecular formula is C10H19BrO. The molecule has 72 valence electrons. The van der Waals surface area contributed by atoms with Crippen LogP contribution in [0.2, 0.25) is 0 Å². The average Bonchev–Trinajstić information content (AvgIpc) is 2.16. The molecule has 0 aromatic rings. The van der Waals surface area contributed by atoms with E-state index in [-0.39, 0.29) is 0 Å². The summed E-state index contributed by atoms with van der Waals surface area (Å²) >= 11 is 3.64. The number of unbranched alkanes of at least 4 members (excludes halogenated alkanes) is 1. The van der Waals surface area contributed by atoms with E-state index in [1.807, 2.05) is 0 Å². The number of hydrogen-bond donors (Lipinski definition) is 0. The molecule has 0 bridgehead atoms. The van der Waals surface area contributed by atoms with Crippen LogP contribution in [0, 0.1) is 5.41 Å². The Morgan fingerprint density at radius 1 is 1.33 bits per heavy atom. The molecule has 1 aliphatic heterocycles. The largest absolute Gasteiger partial charge is 0.381 e. The molecule has 0 spiro atoms. The maximum absolute atomic E-state index is 5.39. The lowest BCUT2D eigenvalue weighted by atomic mass is 9.78. The van der Waals surface area contributed by atoms with Crippen LogP contribution in [0.4, 0.5) is 0 Å². The highest BCUT2D eigenvalue weighted by atomic mass is 79.9. The standard InChI is InChI=1S/C10H19BrO/c1-2-3-4-10(9-11)5-7-12-8-6-10/h2-9H2,1H3. The van der Waals surface area contributed by atoms with E-state index in [0.717, 1.165) is 18.5 Å². The summed E-state index contributed by atoms with van der Waals surface area (Å²) in [5.41, 5.74) is 0.564. The van der Waals surface area contributed by atoms with Gasteiger partial charge in [0.15, 0.2) is 0 Å². The summed E-state index contributed by atoms with van der Waals surface area (Å²) < 4.78 is 5.39. The molecule has 1 aliphatic rings. The van der Waals surface area contributed by atoms with Gasteiger partial charge in [-0.15, -0.1) is 0 Å². The first-order chi connectivity index (χ1) is 5.83. The monoisotopic (exact) mass is 234 g/mol. The van der Waals surface area contributed by atoms with Gasteiger partial charge in [0.1, 0.15) is 0 Å². The molecule has 0 amide bonds. The highest BCUT2D eigenvalue weighted by Gasteiger charge is 2.30. The Bertz CT molecular complexity index is 119. The molecule has 1 nitrogen and oxygen atoms in total. The van der Waals surface area contributed by atoms with E-state index in [2.05, 4.69) is 22.9 Å². The topological polar surface area (TPSA) is 9.23 Å². The first kappa shape index (κ1) is 10.5. The van der Waals surface area contributed by atoms with Crippen LogP contribution in [0.25, 0.3) is 0 Å². The number of ether oxygens (including phenoxy) is 1. The number of hydrogen-bond acceptors (Lipinski definition) is 1. The first-order valence-corrected chi connectivity index (χ1v) is 6.09. The Hall–Kier alpha value is 0.440. The zero-order valence-electron chi connectivity index (χ0n) is 7.94. The van der Waals surface area contributed by atoms with Crippen molar-refractivity contribution in [1.29, 1.82) is 0 Å². The molecule has 12 heavy (non-hydrogen) atoms. The number of halogens is 1. The van der Waals surface area contributed by atoms with Crippen molar-refractivity contribution in [3.63, 3.8) is 0 Å². The predicted molar refractivity (Wildman–Crippen MR) is 55.8 cm³/mol.